The van der Waals surface area contributed by atoms with Crippen molar-refractivity contribution in [2.24, 2.45) is 0 Å². The van der Waals surface area contributed by atoms with Gasteiger partial charge in [0.25, 0.3) is 5.91 Å². The molecule has 5 nitrogen and oxygen atoms in total. The molecule has 0 aromatic carbocycles. The molecular formula is C19H34N4O. The smallest absolute Gasteiger partial charge is 0.255 e. The predicted octanol–water partition coefficient (Wildman–Crippen LogP) is 2.22. The van der Waals surface area contributed by atoms with Crippen LogP contribution in [0.5, 0.6) is 0 Å². The highest BCUT2D eigenvalue weighted by atomic mass is 16.2. The van der Waals surface area contributed by atoms with Crippen LogP contribution in [0.3, 0.4) is 0 Å². The maximum Gasteiger partial charge on any atom is 0.255 e. The summed E-state index contributed by atoms with van der Waals surface area (Å²) in [4.78, 5) is 19.6. The molecule has 2 rings (SSSR count). The van der Waals surface area contributed by atoms with E-state index >= 15 is 0 Å². The molecular weight excluding hydrogens is 300 g/mol. The average Bonchev–Trinajstić information content (AvgIpc) is 2.85. The summed E-state index contributed by atoms with van der Waals surface area (Å²) in [6.45, 7) is 13.2. The molecule has 0 aliphatic carbocycles. The van der Waals surface area contributed by atoms with Crippen molar-refractivity contribution in [2.45, 2.75) is 40.2 Å². The SMILES string of the molecule is CCCCN1CCN(C(=O)c2cc(C)n(CCN(C)C)c2C)CC1. The fraction of sp³-hybridized carbons (Fsp3) is 0.737. The Morgan fingerprint density at radius 3 is 2.38 bits per heavy atom. The summed E-state index contributed by atoms with van der Waals surface area (Å²) in [5, 5.41) is 0. The molecule has 0 spiro atoms. The van der Waals surface area contributed by atoms with Crippen molar-refractivity contribution in [1.29, 1.82) is 0 Å². The number of aryl methyl sites for hydroxylation is 1. The van der Waals surface area contributed by atoms with Gasteiger partial charge in [-0.05, 0) is 47.0 Å². The van der Waals surface area contributed by atoms with Gasteiger partial charge in [-0.2, -0.15) is 0 Å². The quantitative estimate of drug-likeness (QED) is 0.766. The molecule has 1 saturated heterocycles. The van der Waals surface area contributed by atoms with Crippen molar-refractivity contribution in [2.75, 3.05) is 53.4 Å². The van der Waals surface area contributed by atoms with Crippen molar-refractivity contribution in [3.8, 4) is 0 Å². The van der Waals surface area contributed by atoms with Crippen LogP contribution < -0.4 is 0 Å². The molecule has 0 N–H and O–H groups in total. The van der Waals surface area contributed by atoms with Gasteiger partial charge in [-0.25, -0.2) is 0 Å². The molecule has 0 saturated carbocycles. The van der Waals surface area contributed by atoms with Gasteiger partial charge in [0, 0.05) is 50.7 Å². The third-order valence-electron chi connectivity index (χ3n) is 5.06. The molecule has 0 atom stereocenters. The van der Waals surface area contributed by atoms with Gasteiger partial charge in [-0.3, -0.25) is 9.69 Å². The van der Waals surface area contributed by atoms with Crippen LogP contribution in [0.1, 0.15) is 41.5 Å². The van der Waals surface area contributed by atoms with Gasteiger partial charge < -0.3 is 14.4 Å². The number of carbonyl (C=O) groups is 1. The number of nitrogens with zero attached hydrogens (tertiary/aromatic N) is 4. The number of piperazine rings is 1. The number of likely N-dealkylation sites (N-methyl/N-ethyl adjacent to an activating group) is 1. The Morgan fingerprint density at radius 1 is 1.12 bits per heavy atom. The van der Waals surface area contributed by atoms with E-state index in [0.717, 1.165) is 57.1 Å². The molecule has 1 aliphatic heterocycles. The fourth-order valence-electron chi connectivity index (χ4n) is 3.39. The van der Waals surface area contributed by atoms with E-state index in [9.17, 15) is 4.79 Å². The van der Waals surface area contributed by atoms with Crippen LogP contribution in [-0.2, 0) is 6.54 Å². The molecule has 1 fully saturated rings. The monoisotopic (exact) mass is 334 g/mol. The first kappa shape index (κ1) is 19.0. The van der Waals surface area contributed by atoms with E-state index in [1.807, 2.05) is 4.90 Å². The average molecular weight is 335 g/mol. The van der Waals surface area contributed by atoms with Crippen LogP contribution in [0, 0.1) is 13.8 Å². The largest absolute Gasteiger partial charge is 0.347 e. The second-order valence-corrected chi connectivity index (χ2v) is 7.23. The minimum atomic E-state index is 0.203. The molecule has 0 bridgehead atoms. The molecule has 1 aliphatic rings. The zero-order valence-corrected chi connectivity index (χ0v) is 16.1. The minimum Gasteiger partial charge on any atom is -0.347 e. The van der Waals surface area contributed by atoms with E-state index in [1.165, 1.54) is 18.5 Å². The highest BCUT2D eigenvalue weighted by Crippen LogP contribution is 2.18. The Morgan fingerprint density at radius 2 is 1.79 bits per heavy atom. The van der Waals surface area contributed by atoms with E-state index in [-0.39, 0.29) is 5.91 Å². The second-order valence-electron chi connectivity index (χ2n) is 7.23. The van der Waals surface area contributed by atoms with Crippen molar-refractivity contribution >= 4 is 5.91 Å². The lowest BCUT2D eigenvalue weighted by Crippen LogP contribution is -2.48. The van der Waals surface area contributed by atoms with Crippen molar-refractivity contribution in [1.82, 2.24) is 19.3 Å². The molecule has 2 heterocycles. The summed E-state index contributed by atoms with van der Waals surface area (Å²) in [5.41, 5.74) is 3.17. The lowest BCUT2D eigenvalue weighted by Gasteiger charge is -2.34. The summed E-state index contributed by atoms with van der Waals surface area (Å²) in [6, 6.07) is 2.07. The van der Waals surface area contributed by atoms with Crippen molar-refractivity contribution in [3.63, 3.8) is 0 Å². The normalized spacial score (nSPS) is 16.2. The molecule has 1 aromatic heterocycles. The lowest BCUT2D eigenvalue weighted by atomic mass is 10.2. The van der Waals surface area contributed by atoms with Crippen molar-refractivity contribution in [3.05, 3.63) is 23.0 Å². The summed E-state index contributed by atoms with van der Waals surface area (Å²) >= 11 is 0. The highest BCUT2D eigenvalue weighted by molar-refractivity contribution is 5.95. The predicted molar refractivity (Wildman–Crippen MR) is 99.7 cm³/mol. The topological polar surface area (TPSA) is 31.7 Å². The Hall–Kier alpha value is -1.33. The molecule has 136 valence electrons. The molecule has 5 heteroatoms. The third kappa shape index (κ3) is 4.61. The lowest BCUT2D eigenvalue weighted by molar-refractivity contribution is 0.0635. The Bertz CT molecular complexity index is 542. The third-order valence-corrected chi connectivity index (χ3v) is 5.06. The molecule has 0 radical (unpaired) electrons. The number of aromatic nitrogens is 1. The van der Waals surface area contributed by atoms with Crippen LogP contribution in [0.2, 0.25) is 0 Å². The van der Waals surface area contributed by atoms with Gasteiger partial charge in [-0.1, -0.05) is 13.3 Å². The maximum atomic E-state index is 12.9. The van der Waals surface area contributed by atoms with Crippen molar-refractivity contribution < 1.29 is 4.79 Å². The zero-order chi connectivity index (χ0) is 17.7. The van der Waals surface area contributed by atoms with Gasteiger partial charge in [0.15, 0.2) is 0 Å². The number of rotatable bonds is 7. The first-order chi connectivity index (χ1) is 11.4. The van der Waals surface area contributed by atoms with Gasteiger partial charge >= 0.3 is 0 Å². The zero-order valence-electron chi connectivity index (χ0n) is 16.1. The van der Waals surface area contributed by atoms with Crippen LogP contribution in [0.25, 0.3) is 0 Å². The number of hydrogen-bond donors (Lipinski definition) is 0. The summed E-state index contributed by atoms with van der Waals surface area (Å²) in [7, 11) is 4.16. The van der Waals surface area contributed by atoms with Gasteiger partial charge in [0.2, 0.25) is 0 Å². The van der Waals surface area contributed by atoms with Gasteiger partial charge in [0.05, 0.1) is 5.56 Å². The highest BCUT2D eigenvalue weighted by Gasteiger charge is 2.24. The maximum absolute atomic E-state index is 12.9. The summed E-state index contributed by atoms with van der Waals surface area (Å²) in [5.74, 6) is 0.203. The number of hydrogen-bond acceptors (Lipinski definition) is 3. The van der Waals surface area contributed by atoms with E-state index in [4.69, 9.17) is 0 Å². The molecule has 0 unspecified atom stereocenters. The van der Waals surface area contributed by atoms with E-state index < -0.39 is 0 Å². The Balaban J connectivity index is 1.99. The first-order valence-electron chi connectivity index (χ1n) is 9.27. The number of carbonyl (C=O) groups excluding carboxylic acids is 1. The number of unbranched alkanes of at least 4 members (excludes halogenated alkanes) is 1. The van der Waals surface area contributed by atoms with E-state index in [0.29, 0.717) is 0 Å². The Kier molecular flexibility index (Phi) is 6.87. The van der Waals surface area contributed by atoms with E-state index in [2.05, 4.69) is 55.3 Å². The van der Waals surface area contributed by atoms with Crippen LogP contribution in [0.15, 0.2) is 6.07 Å². The molecule has 24 heavy (non-hydrogen) atoms. The number of amides is 1. The summed E-state index contributed by atoms with van der Waals surface area (Å²) < 4.78 is 2.27. The second kappa shape index (κ2) is 8.67. The van der Waals surface area contributed by atoms with Crippen LogP contribution >= 0.6 is 0 Å². The molecule has 1 aromatic rings. The van der Waals surface area contributed by atoms with Crippen LogP contribution in [-0.4, -0.2) is 78.5 Å². The molecule has 1 amide bonds. The van der Waals surface area contributed by atoms with Gasteiger partial charge in [-0.15, -0.1) is 0 Å². The fourth-order valence-corrected chi connectivity index (χ4v) is 3.39. The first-order valence-corrected chi connectivity index (χ1v) is 9.27. The standard InChI is InChI=1S/C19H34N4O/c1-6-7-8-21-10-12-22(13-11-21)19(24)18-15-16(2)23(17(18)3)14-9-20(4)5/h15H,6-14H2,1-5H3. The van der Waals surface area contributed by atoms with E-state index in [1.54, 1.807) is 0 Å². The van der Waals surface area contributed by atoms with Gasteiger partial charge in [0.1, 0.15) is 0 Å². The Labute approximate surface area is 147 Å². The summed E-state index contributed by atoms with van der Waals surface area (Å²) in [6.07, 6.45) is 2.49. The van der Waals surface area contributed by atoms with Crippen LogP contribution in [0.4, 0.5) is 0 Å². The minimum absolute atomic E-state index is 0.203.